The fraction of sp³-hybridized carbons (Fsp3) is 0.333. The highest BCUT2D eigenvalue weighted by Gasteiger charge is 2.10. The van der Waals surface area contributed by atoms with Crippen LogP contribution in [-0.2, 0) is 11.3 Å². The number of aromatic nitrogens is 1. The fourth-order valence-electron chi connectivity index (χ4n) is 0.580. The van der Waals surface area contributed by atoms with E-state index in [2.05, 4.69) is 10.3 Å². The molecule has 66 valence electrons. The molecule has 1 amide bonds. The van der Waals surface area contributed by atoms with Crippen LogP contribution in [0.4, 0.5) is 0 Å². The molecule has 3 nitrogen and oxygen atoms in total. The van der Waals surface area contributed by atoms with E-state index in [9.17, 15) is 4.79 Å². The van der Waals surface area contributed by atoms with Crippen molar-refractivity contribution >= 4 is 40.4 Å². The Morgan fingerprint density at radius 3 is 3.00 bits per heavy atom. The molecule has 0 unspecified atom stereocenters. The van der Waals surface area contributed by atoms with Gasteiger partial charge in [-0.3, -0.25) is 4.79 Å². The molecule has 0 aromatic carbocycles. The van der Waals surface area contributed by atoms with Gasteiger partial charge < -0.3 is 5.32 Å². The highest BCUT2D eigenvalue weighted by Crippen LogP contribution is 2.05. The van der Waals surface area contributed by atoms with Gasteiger partial charge in [-0.15, -0.1) is 11.3 Å². The van der Waals surface area contributed by atoms with Crippen molar-refractivity contribution in [2.45, 2.75) is 11.4 Å². The molecular weight excluding hydrogens is 219 g/mol. The van der Waals surface area contributed by atoms with Crippen molar-refractivity contribution < 1.29 is 4.79 Å². The zero-order valence-corrected chi connectivity index (χ0v) is 8.29. The summed E-state index contributed by atoms with van der Waals surface area (Å²) in [6, 6.07) is 0. The van der Waals surface area contributed by atoms with Crippen molar-refractivity contribution in [2.75, 3.05) is 0 Å². The zero-order chi connectivity index (χ0) is 8.97. The largest absolute Gasteiger partial charge is 0.347 e. The van der Waals surface area contributed by atoms with Crippen molar-refractivity contribution in [3.05, 3.63) is 16.6 Å². The Hall–Kier alpha value is -0.320. The number of nitrogens with one attached hydrogen (secondary N) is 1. The van der Waals surface area contributed by atoms with Gasteiger partial charge in [-0.1, -0.05) is 23.2 Å². The first-order valence-electron chi connectivity index (χ1n) is 3.14. The lowest BCUT2D eigenvalue weighted by Gasteiger charge is -2.01. The number of halogens is 2. The number of rotatable bonds is 3. The van der Waals surface area contributed by atoms with Crippen LogP contribution in [0, 0.1) is 0 Å². The Bertz CT molecular complexity index is 250. The predicted molar refractivity (Wildman–Crippen MR) is 49.5 cm³/mol. The lowest BCUT2D eigenvalue weighted by Crippen LogP contribution is -2.27. The lowest BCUT2D eigenvalue weighted by atomic mass is 10.6. The highest BCUT2D eigenvalue weighted by molar-refractivity contribution is 7.09. The van der Waals surface area contributed by atoms with Gasteiger partial charge >= 0.3 is 0 Å². The molecule has 0 aliphatic rings. The molecule has 6 heteroatoms. The first-order chi connectivity index (χ1) is 5.70. The van der Waals surface area contributed by atoms with E-state index in [4.69, 9.17) is 23.2 Å². The summed E-state index contributed by atoms with van der Waals surface area (Å²) in [5.41, 5.74) is 0. The molecule has 0 saturated carbocycles. The monoisotopic (exact) mass is 224 g/mol. The van der Waals surface area contributed by atoms with Crippen LogP contribution in [0.3, 0.4) is 0 Å². The van der Waals surface area contributed by atoms with Crippen LogP contribution in [0.25, 0.3) is 0 Å². The minimum atomic E-state index is -1.01. The summed E-state index contributed by atoms with van der Waals surface area (Å²) in [5, 5.41) is 5.19. The highest BCUT2D eigenvalue weighted by atomic mass is 35.5. The van der Waals surface area contributed by atoms with E-state index in [1.54, 1.807) is 6.20 Å². The Balaban J connectivity index is 2.32. The van der Waals surface area contributed by atoms with Crippen LogP contribution in [0.15, 0.2) is 11.6 Å². The summed E-state index contributed by atoms with van der Waals surface area (Å²) in [5.74, 6) is -0.395. The van der Waals surface area contributed by atoms with E-state index in [1.807, 2.05) is 5.38 Å². The molecule has 1 aromatic rings. The average molecular weight is 225 g/mol. The molecule has 0 saturated heterocycles. The third kappa shape index (κ3) is 2.97. The lowest BCUT2D eigenvalue weighted by molar-refractivity contribution is -0.119. The molecule has 1 aromatic heterocycles. The molecule has 0 aliphatic carbocycles. The molecule has 1 N–H and O–H groups in total. The van der Waals surface area contributed by atoms with Gasteiger partial charge in [0, 0.05) is 11.6 Å². The summed E-state index contributed by atoms with van der Waals surface area (Å²) in [7, 11) is 0. The predicted octanol–water partition coefficient (Wildman–Crippen LogP) is 1.56. The maximum Gasteiger partial charge on any atom is 0.253 e. The second-order valence-electron chi connectivity index (χ2n) is 1.94. The van der Waals surface area contributed by atoms with Gasteiger partial charge in [0.25, 0.3) is 5.91 Å². The number of carbonyl (C=O) groups is 1. The molecule has 1 rings (SSSR count). The summed E-state index contributed by atoms with van der Waals surface area (Å²) in [6.07, 6.45) is 1.67. The van der Waals surface area contributed by atoms with E-state index in [0.717, 1.165) is 5.01 Å². The maximum atomic E-state index is 10.8. The van der Waals surface area contributed by atoms with Crippen LogP contribution < -0.4 is 5.32 Å². The van der Waals surface area contributed by atoms with Gasteiger partial charge in [-0.2, -0.15) is 0 Å². The van der Waals surface area contributed by atoms with Crippen LogP contribution >= 0.6 is 34.5 Å². The average Bonchev–Trinajstić information content (AvgIpc) is 2.51. The Morgan fingerprint density at radius 2 is 2.50 bits per heavy atom. The van der Waals surface area contributed by atoms with Crippen molar-refractivity contribution in [1.82, 2.24) is 10.3 Å². The summed E-state index contributed by atoms with van der Waals surface area (Å²) in [6.45, 7) is 0.381. The number of hydrogen-bond acceptors (Lipinski definition) is 3. The third-order valence-electron chi connectivity index (χ3n) is 1.10. The summed E-state index contributed by atoms with van der Waals surface area (Å²) >= 11 is 12.1. The number of amides is 1. The number of nitrogens with zero attached hydrogens (tertiary/aromatic N) is 1. The first kappa shape index (κ1) is 9.77. The van der Waals surface area contributed by atoms with E-state index in [0.29, 0.717) is 6.54 Å². The Labute approximate surface area is 83.7 Å². The van der Waals surface area contributed by atoms with Gasteiger partial charge in [0.2, 0.25) is 0 Å². The fourth-order valence-corrected chi connectivity index (χ4v) is 1.29. The SMILES string of the molecule is O=C(NCc1nccs1)C(Cl)Cl. The molecule has 1 heterocycles. The van der Waals surface area contributed by atoms with Gasteiger partial charge in [0.1, 0.15) is 5.01 Å². The number of thiazole rings is 1. The minimum absolute atomic E-state index is 0.381. The molecule has 0 atom stereocenters. The van der Waals surface area contributed by atoms with E-state index in [1.165, 1.54) is 11.3 Å². The summed E-state index contributed by atoms with van der Waals surface area (Å²) in [4.78, 5) is 13.8. The van der Waals surface area contributed by atoms with Crippen LogP contribution in [0.1, 0.15) is 5.01 Å². The number of hydrogen-bond donors (Lipinski definition) is 1. The quantitative estimate of drug-likeness (QED) is 0.793. The number of carbonyl (C=O) groups excluding carboxylic acids is 1. The van der Waals surface area contributed by atoms with Crippen LogP contribution in [-0.4, -0.2) is 15.7 Å². The Morgan fingerprint density at radius 1 is 1.75 bits per heavy atom. The standard InChI is InChI=1S/C6H6Cl2N2OS/c7-5(8)6(11)10-3-4-9-1-2-12-4/h1-2,5H,3H2,(H,10,11). The Kier molecular flexibility index (Phi) is 3.78. The van der Waals surface area contributed by atoms with Crippen molar-refractivity contribution in [2.24, 2.45) is 0 Å². The van der Waals surface area contributed by atoms with Crippen molar-refractivity contribution in [3.8, 4) is 0 Å². The molecule has 0 radical (unpaired) electrons. The van der Waals surface area contributed by atoms with Gasteiger partial charge in [-0.25, -0.2) is 4.98 Å². The summed E-state index contributed by atoms with van der Waals surface area (Å²) < 4.78 is 0. The normalized spacial score (nSPS) is 10.2. The van der Waals surface area contributed by atoms with Crippen LogP contribution in [0.2, 0.25) is 0 Å². The topological polar surface area (TPSA) is 42.0 Å². The number of alkyl halides is 2. The van der Waals surface area contributed by atoms with Crippen LogP contribution in [0.5, 0.6) is 0 Å². The zero-order valence-electron chi connectivity index (χ0n) is 5.96. The van der Waals surface area contributed by atoms with Crippen molar-refractivity contribution in [3.63, 3.8) is 0 Å². The van der Waals surface area contributed by atoms with Gasteiger partial charge in [0.15, 0.2) is 4.84 Å². The van der Waals surface area contributed by atoms with Gasteiger partial charge in [0.05, 0.1) is 6.54 Å². The second kappa shape index (κ2) is 4.64. The van der Waals surface area contributed by atoms with Gasteiger partial charge in [-0.05, 0) is 0 Å². The molecular formula is C6H6Cl2N2OS. The van der Waals surface area contributed by atoms with E-state index >= 15 is 0 Å². The first-order valence-corrected chi connectivity index (χ1v) is 4.89. The smallest absolute Gasteiger partial charge is 0.253 e. The van der Waals surface area contributed by atoms with E-state index in [-0.39, 0.29) is 0 Å². The molecule has 12 heavy (non-hydrogen) atoms. The third-order valence-corrected chi connectivity index (χ3v) is 2.27. The molecule has 0 fully saturated rings. The molecule has 0 aliphatic heterocycles. The maximum absolute atomic E-state index is 10.8. The van der Waals surface area contributed by atoms with Crippen molar-refractivity contribution in [1.29, 1.82) is 0 Å². The second-order valence-corrected chi connectivity index (χ2v) is 4.02. The van der Waals surface area contributed by atoms with E-state index < -0.39 is 10.7 Å². The molecule has 0 spiro atoms. The minimum Gasteiger partial charge on any atom is -0.347 e. The molecule has 0 bridgehead atoms.